The van der Waals surface area contributed by atoms with Crippen LogP contribution < -0.4 is 26.4 Å². The lowest BCUT2D eigenvalue weighted by atomic mass is 10.1. The SMILES string of the molecule is Nc1sc(-c2ccccc2OC(F)(F)F)nc1C(=O)Nc1cnccc1N1CCC[C@H](N)C1. The van der Waals surface area contributed by atoms with Crippen LogP contribution in [0.1, 0.15) is 23.3 Å². The number of rotatable bonds is 5. The van der Waals surface area contributed by atoms with E-state index in [0.717, 1.165) is 36.4 Å². The third-order valence-corrected chi connectivity index (χ3v) is 5.97. The number of hydrogen-bond donors (Lipinski definition) is 3. The first-order valence-electron chi connectivity index (χ1n) is 10.1. The number of nitrogens with one attached hydrogen (secondary N) is 1. The van der Waals surface area contributed by atoms with Crippen molar-refractivity contribution in [3.63, 3.8) is 0 Å². The Balaban J connectivity index is 1.59. The number of anilines is 3. The van der Waals surface area contributed by atoms with Gasteiger partial charge in [-0.25, -0.2) is 4.98 Å². The van der Waals surface area contributed by atoms with Crippen molar-refractivity contribution in [3.8, 4) is 16.3 Å². The molecule has 1 saturated heterocycles. The summed E-state index contributed by atoms with van der Waals surface area (Å²) in [5.41, 5.74) is 13.3. The number of piperidine rings is 1. The number of alkyl halides is 3. The summed E-state index contributed by atoms with van der Waals surface area (Å²) >= 11 is 0.895. The van der Waals surface area contributed by atoms with Crippen molar-refractivity contribution in [1.82, 2.24) is 9.97 Å². The van der Waals surface area contributed by atoms with E-state index in [4.69, 9.17) is 11.5 Å². The molecule has 0 saturated carbocycles. The van der Waals surface area contributed by atoms with E-state index in [0.29, 0.717) is 12.2 Å². The minimum atomic E-state index is -4.87. The zero-order valence-electron chi connectivity index (χ0n) is 17.3. The minimum absolute atomic E-state index is 0.0335. The quantitative estimate of drug-likeness (QED) is 0.509. The zero-order chi connectivity index (χ0) is 23.6. The third kappa shape index (κ3) is 5.34. The van der Waals surface area contributed by atoms with Crippen LogP contribution in [0.4, 0.5) is 29.5 Å². The van der Waals surface area contributed by atoms with Gasteiger partial charge in [0.05, 0.1) is 23.1 Å². The Morgan fingerprint density at radius 1 is 1.27 bits per heavy atom. The van der Waals surface area contributed by atoms with E-state index in [1.165, 1.54) is 24.4 Å². The van der Waals surface area contributed by atoms with Gasteiger partial charge in [-0.15, -0.1) is 13.2 Å². The number of nitrogens with zero attached hydrogens (tertiary/aromatic N) is 3. The molecule has 1 aliphatic heterocycles. The Bertz CT molecular complexity index is 1150. The number of halogens is 3. The van der Waals surface area contributed by atoms with E-state index in [9.17, 15) is 18.0 Å². The van der Waals surface area contributed by atoms with E-state index in [2.05, 4.69) is 24.9 Å². The van der Waals surface area contributed by atoms with Gasteiger partial charge in [0, 0.05) is 25.3 Å². The van der Waals surface area contributed by atoms with Gasteiger partial charge in [-0.1, -0.05) is 23.5 Å². The second-order valence-electron chi connectivity index (χ2n) is 7.47. The maximum atomic E-state index is 13.0. The number of aromatic nitrogens is 2. The van der Waals surface area contributed by atoms with Crippen molar-refractivity contribution >= 4 is 33.6 Å². The first kappa shape index (κ1) is 22.8. The summed E-state index contributed by atoms with van der Waals surface area (Å²) in [7, 11) is 0. The topological polar surface area (TPSA) is 119 Å². The highest BCUT2D eigenvalue weighted by Gasteiger charge is 2.33. The van der Waals surface area contributed by atoms with Crippen LogP contribution >= 0.6 is 11.3 Å². The number of ether oxygens (including phenoxy) is 1. The van der Waals surface area contributed by atoms with E-state index in [1.807, 2.05) is 0 Å². The first-order valence-corrected chi connectivity index (χ1v) is 10.9. The lowest BCUT2D eigenvalue weighted by Crippen LogP contribution is -2.43. The monoisotopic (exact) mass is 478 g/mol. The minimum Gasteiger partial charge on any atom is -0.405 e. The normalized spacial score (nSPS) is 16.5. The Morgan fingerprint density at radius 2 is 2.06 bits per heavy atom. The molecule has 3 aromatic rings. The predicted molar refractivity (Wildman–Crippen MR) is 120 cm³/mol. The van der Waals surface area contributed by atoms with E-state index in [1.54, 1.807) is 18.3 Å². The molecule has 0 spiro atoms. The molecule has 12 heteroatoms. The Hall–Kier alpha value is -3.38. The fourth-order valence-corrected chi connectivity index (χ4v) is 4.50. The van der Waals surface area contributed by atoms with Crippen LogP contribution in [0.2, 0.25) is 0 Å². The number of nitrogen functional groups attached to an aromatic ring is 1. The van der Waals surface area contributed by atoms with Gasteiger partial charge >= 0.3 is 6.36 Å². The highest BCUT2D eigenvalue weighted by molar-refractivity contribution is 7.19. The molecule has 4 rings (SSSR count). The number of amides is 1. The molecule has 1 aromatic carbocycles. The van der Waals surface area contributed by atoms with Crippen LogP contribution in [0.3, 0.4) is 0 Å². The molecule has 174 valence electrons. The molecule has 8 nitrogen and oxygen atoms in total. The van der Waals surface area contributed by atoms with Crippen LogP contribution in [-0.2, 0) is 0 Å². The van der Waals surface area contributed by atoms with Gasteiger partial charge in [-0.3, -0.25) is 9.78 Å². The number of benzene rings is 1. The molecule has 1 fully saturated rings. The molecule has 0 radical (unpaired) electrons. The van der Waals surface area contributed by atoms with Gasteiger partial charge in [0.25, 0.3) is 5.91 Å². The molecule has 3 heterocycles. The van der Waals surface area contributed by atoms with Gasteiger partial charge in [0.1, 0.15) is 15.8 Å². The van der Waals surface area contributed by atoms with Crippen molar-refractivity contribution in [2.24, 2.45) is 5.73 Å². The fourth-order valence-electron chi connectivity index (χ4n) is 3.64. The maximum Gasteiger partial charge on any atom is 0.573 e. The summed E-state index contributed by atoms with van der Waals surface area (Å²) in [5, 5.41) is 2.96. The van der Waals surface area contributed by atoms with Crippen molar-refractivity contribution < 1.29 is 22.7 Å². The maximum absolute atomic E-state index is 13.0. The Kier molecular flexibility index (Phi) is 6.38. The summed E-state index contributed by atoms with van der Waals surface area (Å²) in [6, 6.07) is 7.36. The zero-order valence-corrected chi connectivity index (χ0v) is 18.1. The van der Waals surface area contributed by atoms with Crippen molar-refractivity contribution in [3.05, 3.63) is 48.4 Å². The predicted octanol–water partition coefficient (Wildman–Crippen LogP) is 3.87. The highest BCUT2D eigenvalue weighted by atomic mass is 32.1. The standard InChI is InChI=1S/C21H21F3N6O2S/c22-21(23,24)32-16-6-2-1-5-13(16)20-29-17(18(26)33-20)19(31)28-14-10-27-8-7-15(14)30-9-3-4-12(25)11-30/h1-2,5-8,10,12H,3-4,9,11,25-26H2,(H,28,31)/t12-/m0/s1. The second kappa shape index (κ2) is 9.24. The average Bonchev–Trinajstić information content (AvgIpc) is 3.15. The summed E-state index contributed by atoms with van der Waals surface area (Å²) in [4.78, 5) is 23.3. The second-order valence-corrected chi connectivity index (χ2v) is 8.50. The number of carbonyl (C=O) groups is 1. The molecule has 0 aliphatic carbocycles. The number of nitrogens with two attached hydrogens (primary N) is 2. The lowest BCUT2D eigenvalue weighted by molar-refractivity contribution is -0.274. The Morgan fingerprint density at radius 3 is 2.82 bits per heavy atom. The fraction of sp³-hybridized carbons (Fsp3) is 0.286. The molecule has 1 aliphatic rings. The van der Waals surface area contributed by atoms with Crippen LogP contribution in [0.5, 0.6) is 5.75 Å². The van der Waals surface area contributed by atoms with Gasteiger partial charge in [0.15, 0.2) is 5.69 Å². The first-order chi connectivity index (χ1) is 15.7. The molecular weight excluding hydrogens is 457 g/mol. The van der Waals surface area contributed by atoms with Crippen LogP contribution in [0.25, 0.3) is 10.6 Å². The molecule has 0 bridgehead atoms. The average molecular weight is 479 g/mol. The smallest absolute Gasteiger partial charge is 0.405 e. The van der Waals surface area contributed by atoms with Crippen LogP contribution in [-0.4, -0.2) is 41.4 Å². The van der Waals surface area contributed by atoms with Crippen molar-refractivity contribution in [2.45, 2.75) is 25.2 Å². The molecule has 5 N–H and O–H groups in total. The number of pyridine rings is 1. The van der Waals surface area contributed by atoms with Gasteiger partial charge < -0.3 is 26.4 Å². The number of thiazole rings is 1. The molecule has 1 amide bonds. The lowest BCUT2D eigenvalue weighted by Gasteiger charge is -2.33. The largest absolute Gasteiger partial charge is 0.573 e. The van der Waals surface area contributed by atoms with Gasteiger partial charge in [0.2, 0.25) is 0 Å². The Labute approximate surface area is 191 Å². The highest BCUT2D eigenvalue weighted by Crippen LogP contribution is 2.38. The van der Waals surface area contributed by atoms with Crippen LogP contribution in [0, 0.1) is 0 Å². The molecule has 0 unspecified atom stereocenters. The van der Waals surface area contributed by atoms with E-state index >= 15 is 0 Å². The molecule has 2 aromatic heterocycles. The van der Waals surface area contributed by atoms with E-state index in [-0.39, 0.29) is 27.3 Å². The van der Waals surface area contributed by atoms with Crippen molar-refractivity contribution in [1.29, 1.82) is 0 Å². The summed E-state index contributed by atoms with van der Waals surface area (Å²) < 4.78 is 42.4. The molecular formula is C21H21F3N6O2S. The van der Waals surface area contributed by atoms with Gasteiger partial charge in [-0.2, -0.15) is 0 Å². The number of para-hydroxylation sites is 1. The summed E-state index contributed by atoms with van der Waals surface area (Å²) in [6.45, 7) is 1.44. The summed E-state index contributed by atoms with van der Waals surface area (Å²) in [5.74, 6) is -1.03. The van der Waals surface area contributed by atoms with Gasteiger partial charge in [-0.05, 0) is 31.0 Å². The third-order valence-electron chi connectivity index (χ3n) is 5.06. The number of hydrogen-bond acceptors (Lipinski definition) is 8. The van der Waals surface area contributed by atoms with E-state index < -0.39 is 18.0 Å². The summed E-state index contributed by atoms with van der Waals surface area (Å²) in [6.07, 6.45) is 0.133. The molecule has 33 heavy (non-hydrogen) atoms. The van der Waals surface area contributed by atoms with Crippen LogP contribution in [0.15, 0.2) is 42.7 Å². The van der Waals surface area contributed by atoms with Crippen molar-refractivity contribution in [2.75, 3.05) is 29.0 Å². The molecule has 1 atom stereocenters. The number of carbonyl (C=O) groups excluding carboxylic acids is 1.